The average Bonchev–Trinajstić information content (AvgIpc) is 2.44. The van der Waals surface area contributed by atoms with Gasteiger partial charge in [-0.3, -0.25) is 4.79 Å². The molecule has 0 aliphatic carbocycles. The summed E-state index contributed by atoms with van der Waals surface area (Å²) in [5.41, 5.74) is 6.56. The van der Waals surface area contributed by atoms with Gasteiger partial charge in [-0.2, -0.15) is 0 Å². The Bertz CT molecular complexity index is 565. The van der Waals surface area contributed by atoms with E-state index >= 15 is 0 Å². The van der Waals surface area contributed by atoms with Crippen molar-refractivity contribution in [2.75, 3.05) is 13.1 Å². The number of amides is 1. The first kappa shape index (κ1) is 13.6. The highest BCUT2D eigenvalue weighted by Gasteiger charge is 2.06. The third-order valence-electron chi connectivity index (χ3n) is 3.23. The molecule has 0 bridgehead atoms. The molecular formula is C16H20N2O. The number of hydrogen-bond donors (Lipinski definition) is 2. The first-order chi connectivity index (χ1) is 9.19. The summed E-state index contributed by atoms with van der Waals surface area (Å²) in [7, 11) is 0. The Kier molecular flexibility index (Phi) is 4.53. The Hall–Kier alpha value is -1.87. The Balaban J connectivity index is 1.99. The second-order valence-electron chi connectivity index (χ2n) is 5.00. The van der Waals surface area contributed by atoms with E-state index in [1.54, 1.807) is 0 Å². The van der Waals surface area contributed by atoms with Crippen LogP contribution in [0.15, 0.2) is 42.5 Å². The molecule has 0 aliphatic heterocycles. The van der Waals surface area contributed by atoms with E-state index in [1.807, 2.05) is 25.1 Å². The molecular weight excluding hydrogens is 236 g/mol. The van der Waals surface area contributed by atoms with Crippen LogP contribution in [0.3, 0.4) is 0 Å². The molecule has 0 spiro atoms. The molecule has 0 fully saturated rings. The van der Waals surface area contributed by atoms with Gasteiger partial charge in [0.25, 0.3) is 0 Å². The van der Waals surface area contributed by atoms with Gasteiger partial charge in [0.15, 0.2) is 0 Å². The molecule has 3 heteroatoms. The molecule has 100 valence electrons. The first-order valence-electron chi connectivity index (χ1n) is 6.63. The Labute approximate surface area is 113 Å². The molecule has 19 heavy (non-hydrogen) atoms. The molecule has 1 amide bonds. The zero-order chi connectivity index (χ0) is 13.7. The normalized spacial score (nSPS) is 12.3. The second kappa shape index (κ2) is 6.34. The predicted octanol–water partition coefficient (Wildman–Crippen LogP) is 2.09. The summed E-state index contributed by atoms with van der Waals surface area (Å²) in [5, 5.41) is 5.28. The van der Waals surface area contributed by atoms with Crippen molar-refractivity contribution < 1.29 is 4.79 Å². The van der Waals surface area contributed by atoms with E-state index in [0.717, 1.165) is 5.56 Å². The van der Waals surface area contributed by atoms with Crippen LogP contribution in [-0.4, -0.2) is 19.0 Å². The molecule has 2 rings (SSSR count). The zero-order valence-electron chi connectivity index (χ0n) is 11.2. The molecule has 0 saturated heterocycles. The lowest BCUT2D eigenvalue weighted by Crippen LogP contribution is -2.32. The predicted molar refractivity (Wildman–Crippen MR) is 78.9 cm³/mol. The molecule has 2 aromatic carbocycles. The molecule has 0 radical (unpaired) electrons. The molecule has 1 unspecified atom stereocenters. The van der Waals surface area contributed by atoms with E-state index in [-0.39, 0.29) is 5.91 Å². The maximum absolute atomic E-state index is 11.8. The maximum atomic E-state index is 11.8. The molecule has 1 atom stereocenters. The third kappa shape index (κ3) is 3.80. The minimum Gasteiger partial charge on any atom is -0.356 e. The maximum Gasteiger partial charge on any atom is 0.224 e. The summed E-state index contributed by atoms with van der Waals surface area (Å²) in [6.07, 6.45) is 0.419. The van der Waals surface area contributed by atoms with Crippen molar-refractivity contribution in [1.82, 2.24) is 5.32 Å². The van der Waals surface area contributed by atoms with Crippen LogP contribution in [0.1, 0.15) is 12.5 Å². The molecule has 0 aliphatic rings. The van der Waals surface area contributed by atoms with Crippen molar-refractivity contribution in [3.63, 3.8) is 0 Å². The highest BCUT2D eigenvalue weighted by Crippen LogP contribution is 2.15. The Morgan fingerprint density at radius 3 is 2.68 bits per heavy atom. The molecule has 0 aromatic heterocycles. The summed E-state index contributed by atoms with van der Waals surface area (Å²) in [5.74, 6) is 0.371. The number of fused-ring (bicyclic) bond motifs is 1. The quantitative estimate of drug-likeness (QED) is 0.860. The largest absolute Gasteiger partial charge is 0.356 e. The minimum absolute atomic E-state index is 0.0515. The van der Waals surface area contributed by atoms with Crippen LogP contribution < -0.4 is 11.1 Å². The standard InChI is InChI=1S/C16H20N2O/c1-12(10-17)11-18-16(19)9-13-6-7-14-4-2-3-5-15(14)8-13/h2-8,12H,9-11,17H2,1H3,(H,18,19). The summed E-state index contributed by atoms with van der Waals surface area (Å²) < 4.78 is 0. The lowest BCUT2D eigenvalue weighted by Gasteiger charge is -2.10. The lowest BCUT2D eigenvalue weighted by atomic mass is 10.0. The van der Waals surface area contributed by atoms with Gasteiger partial charge < -0.3 is 11.1 Å². The summed E-state index contributed by atoms with van der Waals surface area (Å²) in [6.45, 7) is 3.26. The van der Waals surface area contributed by atoms with Gasteiger partial charge in [-0.15, -0.1) is 0 Å². The van der Waals surface area contributed by atoms with E-state index in [1.165, 1.54) is 10.8 Å². The number of nitrogens with two attached hydrogens (primary N) is 1. The molecule has 2 aromatic rings. The van der Waals surface area contributed by atoms with Gasteiger partial charge in [0.05, 0.1) is 6.42 Å². The number of nitrogens with one attached hydrogen (secondary N) is 1. The van der Waals surface area contributed by atoms with Crippen LogP contribution >= 0.6 is 0 Å². The van der Waals surface area contributed by atoms with Gasteiger partial charge in [-0.05, 0) is 28.8 Å². The molecule has 3 N–H and O–H groups in total. The highest BCUT2D eigenvalue weighted by atomic mass is 16.1. The minimum atomic E-state index is 0.0515. The van der Waals surface area contributed by atoms with Crippen molar-refractivity contribution in [2.24, 2.45) is 11.7 Å². The number of rotatable bonds is 5. The van der Waals surface area contributed by atoms with Crippen LogP contribution in [-0.2, 0) is 11.2 Å². The van der Waals surface area contributed by atoms with Gasteiger partial charge in [0.1, 0.15) is 0 Å². The topological polar surface area (TPSA) is 55.1 Å². The fourth-order valence-electron chi connectivity index (χ4n) is 1.97. The third-order valence-corrected chi connectivity index (χ3v) is 3.23. The van der Waals surface area contributed by atoms with Crippen molar-refractivity contribution in [1.29, 1.82) is 0 Å². The van der Waals surface area contributed by atoms with Gasteiger partial charge in [0, 0.05) is 6.54 Å². The molecule has 0 saturated carbocycles. The van der Waals surface area contributed by atoms with Gasteiger partial charge >= 0.3 is 0 Å². The Morgan fingerprint density at radius 1 is 1.21 bits per heavy atom. The van der Waals surface area contributed by atoms with Gasteiger partial charge in [-0.25, -0.2) is 0 Å². The SMILES string of the molecule is CC(CN)CNC(=O)Cc1ccc2ccccc2c1. The van der Waals surface area contributed by atoms with Crippen LogP contribution in [0.4, 0.5) is 0 Å². The van der Waals surface area contributed by atoms with Crippen LogP contribution in [0, 0.1) is 5.92 Å². The zero-order valence-corrected chi connectivity index (χ0v) is 11.2. The fraction of sp³-hybridized carbons (Fsp3) is 0.312. The van der Waals surface area contributed by atoms with Crippen molar-refractivity contribution in [2.45, 2.75) is 13.3 Å². The fourth-order valence-corrected chi connectivity index (χ4v) is 1.97. The van der Waals surface area contributed by atoms with Crippen molar-refractivity contribution >= 4 is 16.7 Å². The Morgan fingerprint density at radius 2 is 1.95 bits per heavy atom. The van der Waals surface area contributed by atoms with Crippen molar-refractivity contribution in [3.05, 3.63) is 48.0 Å². The highest BCUT2D eigenvalue weighted by molar-refractivity contribution is 5.85. The van der Waals surface area contributed by atoms with Crippen LogP contribution in [0.2, 0.25) is 0 Å². The molecule has 0 heterocycles. The summed E-state index contributed by atoms with van der Waals surface area (Å²) >= 11 is 0. The van der Waals surface area contributed by atoms with Crippen molar-refractivity contribution in [3.8, 4) is 0 Å². The number of carbonyl (C=O) groups is 1. The lowest BCUT2D eigenvalue weighted by molar-refractivity contribution is -0.120. The smallest absolute Gasteiger partial charge is 0.224 e. The summed E-state index contributed by atoms with van der Waals surface area (Å²) in [4.78, 5) is 11.8. The monoisotopic (exact) mass is 256 g/mol. The number of benzene rings is 2. The van der Waals surface area contributed by atoms with Crippen LogP contribution in [0.5, 0.6) is 0 Å². The van der Waals surface area contributed by atoms with E-state index in [4.69, 9.17) is 5.73 Å². The van der Waals surface area contributed by atoms with Crippen LogP contribution in [0.25, 0.3) is 10.8 Å². The van der Waals surface area contributed by atoms with Gasteiger partial charge in [-0.1, -0.05) is 49.4 Å². The first-order valence-corrected chi connectivity index (χ1v) is 6.63. The number of hydrogen-bond acceptors (Lipinski definition) is 2. The molecule has 3 nitrogen and oxygen atoms in total. The second-order valence-corrected chi connectivity index (χ2v) is 5.00. The van der Waals surface area contributed by atoms with Gasteiger partial charge in [0.2, 0.25) is 5.91 Å². The van der Waals surface area contributed by atoms with E-state index < -0.39 is 0 Å². The van der Waals surface area contributed by atoms with E-state index in [9.17, 15) is 4.79 Å². The number of carbonyl (C=O) groups excluding carboxylic acids is 1. The average molecular weight is 256 g/mol. The summed E-state index contributed by atoms with van der Waals surface area (Å²) in [6, 6.07) is 14.3. The van der Waals surface area contributed by atoms with E-state index in [2.05, 4.69) is 29.6 Å². The van der Waals surface area contributed by atoms with E-state index in [0.29, 0.717) is 25.4 Å².